The molecule has 0 aromatic carbocycles. The van der Waals surface area contributed by atoms with Crippen molar-refractivity contribution in [3.05, 3.63) is 0 Å². The Morgan fingerprint density at radius 1 is 1.22 bits per heavy atom. The molecular formula is C13H24N2O3. The Bertz CT molecular complexity index is 300. The minimum Gasteiger partial charge on any atom is -0.444 e. The lowest BCUT2D eigenvalue weighted by atomic mass is 10.0. The molecule has 2 fully saturated rings. The summed E-state index contributed by atoms with van der Waals surface area (Å²) in [5.74, 6) is 1.09. The number of ether oxygens (including phenoxy) is 1. The van der Waals surface area contributed by atoms with Crippen LogP contribution in [0.25, 0.3) is 0 Å². The highest BCUT2D eigenvalue weighted by Gasteiger charge is 2.42. The van der Waals surface area contributed by atoms with E-state index in [9.17, 15) is 4.79 Å². The summed E-state index contributed by atoms with van der Waals surface area (Å²) >= 11 is 0. The SMILES string of the molecule is CC(C)(C)OC(=O)N1CC2CN(CCO)CC2C1. The predicted molar refractivity (Wildman–Crippen MR) is 68.3 cm³/mol. The highest BCUT2D eigenvalue weighted by atomic mass is 16.6. The van der Waals surface area contributed by atoms with Gasteiger partial charge in [0.1, 0.15) is 5.60 Å². The zero-order valence-corrected chi connectivity index (χ0v) is 11.6. The number of rotatable bonds is 2. The fraction of sp³-hybridized carbons (Fsp3) is 0.923. The molecule has 5 heteroatoms. The third kappa shape index (κ3) is 3.14. The molecule has 2 rings (SSSR count). The summed E-state index contributed by atoms with van der Waals surface area (Å²) in [6.07, 6.45) is -0.189. The number of fused-ring (bicyclic) bond motifs is 1. The topological polar surface area (TPSA) is 53.0 Å². The maximum atomic E-state index is 11.9. The van der Waals surface area contributed by atoms with Gasteiger partial charge in [-0.2, -0.15) is 0 Å². The number of hydrogen-bond acceptors (Lipinski definition) is 4. The van der Waals surface area contributed by atoms with Gasteiger partial charge in [-0.3, -0.25) is 0 Å². The molecule has 0 radical (unpaired) electrons. The van der Waals surface area contributed by atoms with E-state index in [0.717, 1.165) is 32.7 Å². The largest absolute Gasteiger partial charge is 0.444 e. The Labute approximate surface area is 109 Å². The van der Waals surface area contributed by atoms with Crippen LogP contribution in [0.5, 0.6) is 0 Å². The highest BCUT2D eigenvalue weighted by Crippen LogP contribution is 2.31. The van der Waals surface area contributed by atoms with Gasteiger partial charge in [-0.05, 0) is 32.6 Å². The number of hydrogen-bond donors (Lipinski definition) is 1. The van der Waals surface area contributed by atoms with E-state index in [1.165, 1.54) is 0 Å². The molecule has 2 atom stereocenters. The van der Waals surface area contributed by atoms with Gasteiger partial charge in [-0.15, -0.1) is 0 Å². The van der Waals surface area contributed by atoms with Crippen molar-refractivity contribution >= 4 is 6.09 Å². The van der Waals surface area contributed by atoms with Gasteiger partial charge in [0.05, 0.1) is 6.61 Å². The smallest absolute Gasteiger partial charge is 0.410 e. The van der Waals surface area contributed by atoms with Gasteiger partial charge in [0.15, 0.2) is 0 Å². The molecule has 5 nitrogen and oxygen atoms in total. The van der Waals surface area contributed by atoms with Crippen LogP contribution in [0.3, 0.4) is 0 Å². The van der Waals surface area contributed by atoms with Crippen LogP contribution in [0.1, 0.15) is 20.8 Å². The van der Waals surface area contributed by atoms with Gasteiger partial charge in [-0.1, -0.05) is 0 Å². The molecule has 0 aromatic rings. The summed E-state index contributed by atoms with van der Waals surface area (Å²) in [6, 6.07) is 0. The van der Waals surface area contributed by atoms with Gasteiger partial charge in [0.2, 0.25) is 0 Å². The van der Waals surface area contributed by atoms with E-state index in [2.05, 4.69) is 4.90 Å². The van der Waals surface area contributed by atoms with Crippen molar-refractivity contribution in [3.8, 4) is 0 Å². The Balaban J connectivity index is 1.83. The molecule has 0 bridgehead atoms. The minimum atomic E-state index is -0.419. The van der Waals surface area contributed by atoms with E-state index in [1.54, 1.807) is 0 Å². The molecule has 0 aliphatic carbocycles. The molecule has 2 aliphatic heterocycles. The van der Waals surface area contributed by atoms with Gasteiger partial charge >= 0.3 is 6.09 Å². The van der Waals surface area contributed by atoms with E-state index in [-0.39, 0.29) is 12.7 Å². The average Bonchev–Trinajstić information content (AvgIpc) is 2.72. The Kier molecular flexibility index (Phi) is 3.82. The average molecular weight is 256 g/mol. The van der Waals surface area contributed by atoms with Crippen LogP contribution in [0, 0.1) is 11.8 Å². The lowest BCUT2D eigenvalue weighted by molar-refractivity contribution is 0.0273. The van der Waals surface area contributed by atoms with Crippen LogP contribution < -0.4 is 0 Å². The number of likely N-dealkylation sites (tertiary alicyclic amines) is 2. The molecule has 18 heavy (non-hydrogen) atoms. The summed E-state index contributed by atoms with van der Waals surface area (Å²) in [4.78, 5) is 16.1. The van der Waals surface area contributed by atoms with Crippen molar-refractivity contribution in [1.29, 1.82) is 0 Å². The van der Waals surface area contributed by atoms with Crippen molar-refractivity contribution in [2.75, 3.05) is 39.3 Å². The number of carbonyl (C=O) groups is 1. The second-order valence-electron chi connectivity index (χ2n) is 6.39. The standard InChI is InChI=1S/C13H24N2O3/c1-13(2,3)18-12(17)15-8-10-6-14(4-5-16)7-11(10)9-15/h10-11,16H,4-9H2,1-3H3. The van der Waals surface area contributed by atoms with E-state index in [0.29, 0.717) is 11.8 Å². The third-order valence-electron chi connectivity index (χ3n) is 3.63. The normalized spacial score (nSPS) is 28.6. The summed E-state index contributed by atoms with van der Waals surface area (Å²) in [5, 5.41) is 8.93. The van der Waals surface area contributed by atoms with E-state index in [4.69, 9.17) is 9.84 Å². The van der Waals surface area contributed by atoms with Crippen LogP contribution >= 0.6 is 0 Å². The molecule has 0 aromatic heterocycles. The van der Waals surface area contributed by atoms with Crippen LogP contribution in [-0.4, -0.2) is 65.9 Å². The van der Waals surface area contributed by atoms with E-state index in [1.807, 2.05) is 25.7 Å². The lowest BCUT2D eigenvalue weighted by Crippen LogP contribution is -2.37. The van der Waals surface area contributed by atoms with E-state index >= 15 is 0 Å². The van der Waals surface area contributed by atoms with Crippen molar-refractivity contribution in [2.45, 2.75) is 26.4 Å². The number of nitrogens with zero attached hydrogens (tertiary/aromatic N) is 2. The predicted octanol–water partition coefficient (Wildman–Crippen LogP) is 0.777. The summed E-state index contributed by atoms with van der Waals surface area (Å²) in [6.45, 7) is 10.2. The molecule has 2 aliphatic rings. The molecule has 1 N–H and O–H groups in total. The minimum absolute atomic E-state index is 0.189. The Hall–Kier alpha value is -0.810. The van der Waals surface area contributed by atoms with Crippen LogP contribution in [-0.2, 0) is 4.74 Å². The molecule has 1 amide bonds. The summed E-state index contributed by atoms with van der Waals surface area (Å²) in [7, 11) is 0. The zero-order chi connectivity index (χ0) is 13.3. The van der Waals surface area contributed by atoms with E-state index < -0.39 is 5.60 Å². The molecular weight excluding hydrogens is 232 g/mol. The Morgan fingerprint density at radius 3 is 2.22 bits per heavy atom. The fourth-order valence-corrected chi connectivity index (χ4v) is 2.89. The number of amides is 1. The second-order valence-corrected chi connectivity index (χ2v) is 6.39. The maximum absolute atomic E-state index is 11.9. The third-order valence-corrected chi connectivity index (χ3v) is 3.63. The van der Waals surface area contributed by atoms with Crippen molar-refractivity contribution in [2.24, 2.45) is 11.8 Å². The number of aliphatic hydroxyl groups is 1. The first kappa shape index (κ1) is 13.6. The maximum Gasteiger partial charge on any atom is 0.410 e. The first-order valence-electron chi connectivity index (χ1n) is 6.70. The van der Waals surface area contributed by atoms with Crippen LogP contribution in [0.2, 0.25) is 0 Å². The molecule has 2 saturated heterocycles. The van der Waals surface area contributed by atoms with Gasteiger partial charge < -0.3 is 19.6 Å². The summed E-state index contributed by atoms with van der Waals surface area (Å²) < 4.78 is 5.39. The molecule has 104 valence electrons. The first-order chi connectivity index (χ1) is 8.39. The Morgan fingerprint density at radius 2 is 1.78 bits per heavy atom. The molecule has 0 saturated carbocycles. The quantitative estimate of drug-likeness (QED) is 0.793. The number of carbonyl (C=O) groups excluding carboxylic acids is 1. The summed E-state index contributed by atoms with van der Waals surface area (Å²) in [5.41, 5.74) is -0.419. The van der Waals surface area contributed by atoms with Crippen molar-refractivity contribution < 1.29 is 14.6 Å². The number of aliphatic hydroxyl groups excluding tert-OH is 1. The number of β-amino-alcohol motifs (C(OH)–C–C–N with tert-alkyl or cyclic N) is 1. The zero-order valence-electron chi connectivity index (χ0n) is 11.6. The van der Waals surface area contributed by atoms with Crippen LogP contribution in [0.15, 0.2) is 0 Å². The molecule has 0 spiro atoms. The van der Waals surface area contributed by atoms with Gasteiger partial charge in [0, 0.05) is 32.7 Å². The van der Waals surface area contributed by atoms with Gasteiger partial charge in [-0.25, -0.2) is 4.79 Å². The highest BCUT2D eigenvalue weighted by molar-refractivity contribution is 5.68. The lowest BCUT2D eigenvalue weighted by Gasteiger charge is -2.25. The molecule has 2 heterocycles. The van der Waals surface area contributed by atoms with Crippen LogP contribution in [0.4, 0.5) is 4.79 Å². The van der Waals surface area contributed by atoms with Gasteiger partial charge in [0.25, 0.3) is 0 Å². The monoisotopic (exact) mass is 256 g/mol. The first-order valence-corrected chi connectivity index (χ1v) is 6.70. The van der Waals surface area contributed by atoms with Crippen molar-refractivity contribution in [1.82, 2.24) is 9.80 Å². The second kappa shape index (κ2) is 5.05. The van der Waals surface area contributed by atoms with Crippen molar-refractivity contribution in [3.63, 3.8) is 0 Å². The molecule has 2 unspecified atom stereocenters. The fourth-order valence-electron chi connectivity index (χ4n) is 2.89.